The Labute approximate surface area is 235 Å². The van der Waals surface area contributed by atoms with Crippen LogP contribution in [-0.4, -0.2) is 131 Å². The molecule has 0 spiro atoms. The molecule has 2 aliphatic heterocycles. The first-order valence-electron chi connectivity index (χ1n) is 10.2. The van der Waals surface area contributed by atoms with Crippen molar-refractivity contribution in [2.24, 2.45) is 0 Å². The number of tetrazole rings is 1. The van der Waals surface area contributed by atoms with E-state index in [0.717, 1.165) is 6.54 Å². The van der Waals surface area contributed by atoms with Gasteiger partial charge in [0, 0.05) is 23.4 Å². The van der Waals surface area contributed by atoms with Crippen LogP contribution in [0.1, 0.15) is 5.69 Å². The van der Waals surface area contributed by atoms with E-state index >= 15 is 0 Å². The van der Waals surface area contributed by atoms with Crippen LogP contribution in [-0.2, 0) is 27.3 Å². The maximum atomic E-state index is 12.8. The number of hydrogen-bond donors (Lipinski definition) is 3. The van der Waals surface area contributed by atoms with Crippen LogP contribution in [0, 0.1) is 0 Å². The Hall–Kier alpha value is -1.69. The van der Waals surface area contributed by atoms with Gasteiger partial charge in [-0.1, -0.05) is 11.8 Å². The molecule has 4 N–H and O–H groups in total. The molecule has 184 valence electrons. The molecule has 0 aliphatic carbocycles. The van der Waals surface area contributed by atoms with Crippen LogP contribution in [0.15, 0.2) is 21.8 Å². The van der Waals surface area contributed by atoms with Gasteiger partial charge in [0.25, 0.3) is 5.91 Å². The van der Waals surface area contributed by atoms with Crippen molar-refractivity contribution in [2.45, 2.75) is 29.5 Å². The monoisotopic (exact) mass is 549 g/mol. The standard InChI is InChI=1S/C18H23N9O4S3.Na.H/c1-25(2)3-4-26-18(22-23-24-26)34-7-9-6-32-15-12(14(29)27(15)13(9)16(30)31)21-11(28)5-10-8-33-17(19)20-10;;/h8,12,15H,3-7H2,1-2H3,(H2,19,20)(H,21,28)(H,30,31);;/t12-,15-;;/m1../s1. The minimum absolute atomic E-state index is 0. The van der Waals surface area contributed by atoms with Crippen LogP contribution in [0.5, 0.6) is 0 Å². The van der Waals surface area contributed by atoms with Crippen molar-refractivity contribution < 1.29 is 19.5 Å². The summed E-state index contributed by atoms with van der Waals surface area (Å²) >= 11 is 3.98. The number of anilines is 1. The molecule has 4 heterocycles. The van der Waals surface area contributed by atoms with Crippen molar-refractivity contribution >= 4 is 87.3 Å². The first-order chi connectivity index (χ1) is 16.2. The van der Waals surface area contributed by atoms with E-state index in [1.807, 2.05) is 19.0 Å². The van der Waals surface area contributed by atoms with Gasteiger partial charge in [0.05, 0.1) is 18.7 Å². The van der Waals surface area contributed by atoms with E-state index in [-0.39, 0.29) is 47.6 Å². The van der Waals surface area contributed by atoms with Crippen molar-refractivity contribution in [3.8, 4) is 0 Å². The van der Waals surface area contributed by atoms with E-state index in [9.17, 15) is 19.5 Å². The van der Waals surface area contributed by atoms with Crippen molar-refractivity contribution in [3.05, 3.63) is 22.3 Å². The number of rotatable bonds is 10. The van der Waals surface area contributed by atoms with Gasteiger partial charge in [0.2, 0.25) is 11.1 Å². The molecule has 0 unspecified atom stereocenters. The second-order valence-corrected chi connectivity index (χ2v) is 10.8. The van der Waals surface area contributed by atoms with Gasteiger partial charge in [-0.25, -0.2) is 14.5 Å². The number of thioether (sulfide) groups is 2. The molecule has 35 heavy (non-hydrogen) atoms. The van der Waals surface area contributed by atoms with Gasteiger partial charge in [0.1, 0.15) is 17.1 Å². The number of thiazole rings is 1. The number of nitrogen functional groups attached to an aromatic ring is 1. The summed E-state index contributed by atoms with van der Waals surface area (Å²) in [5.41, 5.74) is 6.68. The Balaban J connectivity index is 0.00000342. The second kappa shape index (κ2) is 12.0. The number of hydrogen-bond acceptors (Lipinski definition) is 12. The molecular weight excluding hydrogens is 525 g/mol. The number of nitrogens with one attached hydrogen (secondary N) is 1. The van der Waals surface area contributed by atoms with E-state index in [0.29, 0.717) is 39.6 Å². The van der Waals surface area contributed by atoms with Crippen molar-refractivity contribution in [1.29, 1.82) is 0 Å². The second-order valence-electron chi connectivity index (χ2n) is 7.84. The molecule has 4 rings (SSSR count). The number of aromatic nitrogens is 5. The zero-order chi connectivity index (χ0) is 24.4. The number of nitrogens with zero attached hydrogens (tertiary/aromatic N) is 7. The molecule has 17 heteroatoms. The number of fused-ring (bicyclic) bond motifs is 1. The third-order valence-corrected chi connectivity index (χ3v) is 8.22. The summed E-state index contributed by atoms with van der Waals surface area (Å²) in [5, 5.41) is 26.4. The summed E-state index contributed by atoms with van der Waals surface area (Å²) in [4.78, 5) is 44.5. The molecule has 1 saturated heterocycles. The Morgan fingerprint density at radius 2 is 2.17 bits per heavy atom. The summed E-state index contributed by atoms with van der Waals surface area (Å²) in [6, 6.07) is -0.782. The molecule has 2 aromatic rings. The van der Waals surface area contributed by atoms with Gasteiger partial charge in [-0.3, -0.25) is 14.5 Å². The number of carboxylic acids is 1. The third-order valence-electron chi connectivity index (χ3n) is 5.11. The normalized spacial score (nSPS) is 19.3. The van der Waals surface area contributed by atoms with Gasteiger partial charge in [-0.05, 0) is 30.1 Å². The SMILES string of the molecule is CN(C)CCn1nnnc1SCC1=C(C(=O)O)N2C(=O)[C@@H](NC(=O)Cc3csc(N)n3)[C@H]2SC1.[NaH]. The van der Waals surface area contributed by atoms with Crippen molar-refractivity contribution in [3.63, 3.8) is 0 Å². The van der Waals surface area contributed by atoms with Crippen LogP contribution >= 0.6 is 34.9 Å². The van der Waals surface area contributed by atoms with Crippen LogP contribution < -0.4 is 11.1 Å². The fraction of sp³-hybridized carbons (Fsp3) is 0.500. The van der Waals surface area contributed by atoms with Gasteiger partial charge >= 0.3 is 35.5 Å². The maximum absolute atomic E-state index is 12.8. The number of aliphatic carboxylic acids is 1. The predicted octanol–water partition coefficient (Wildman–Crippen LogP) is -1.30. The fourth-order valence-corrected chi connectivity index (χ4v) is 6.42. The molecular formula is C18H24N9NaO4S3. The molecule has 0 aromatic carbocycles. The zero-order valence-corrected chi connectivity index (χ0v) is 20.8. The first-order valence-corrected chi connectivity index (χ1v) is 13.1. The van der Waals surface area contributed by atoms with Gasteiger partial charge in [-0.15, -0.1) is 28.2 Å². The molecule has 0 radical (unpaired) electrons. The van der Waals surface area contributed by atoms with E-state index < -0.39 is 23.3 Å². The Morgan fingerprint density at radius 1 is 1.40 bits per heavy atom. The molecule has 1 fully saturated rings. The number of carbonyl (C=O) groups is 3. The number of nitrogens with two attached hydrogens (primary N) is 1. The average Bonchev–Trinajstić information content (AvgIpc) is 3.41. The van der Waals surface area contributed by atoms with Crippen LogP contribution in [0.25, 0.3) is 0 Å². The zero-order valence-electron chi connectivity index (χ0n) is 18.4. The molecule has 2 aromatic heterocycles. The molecule has 13 nitrogen and oxygen atoms in total. The summed E-state index contributed by atoms with van der Waals surface area (Å²) in [6.07, 6.45) is 0.000917. The summed E-state index contributed by atoms with van der Waals surface area (Å²) < 4.78 is 1.67. The minimum atomic E-state index is -1.18. The molecule has 0 saturated carbocycles. The summed E-state index contributed by atoms with van der Waals surface area (Å²) in [5.74, 6) is -1.24. The number of β-lactam (4-membered cyclic amide) rings is 1. The van der Waals surface area contributed by atoms with Gasteiger partial charge in [-0.2, -0.15) is 0 Å². The predicted molar refractivity (Wildman–Crippen MR) is 134 cm³/mol. The van der Waals surface area contributed by atoms with Crippen LogP contribution in [0.3, 0.4) is 0 Å². The number of carbonyl (C=O) groups excluding carboxylic acids is 2. The summed E-state index contributed by atoms with van der Waals surface area (Å²) in [7, 11) is 3.90. The Bertz CT molecular complexity index is 1140. The van der Waals surface area contributed by atoms with E-state index in [1.165, 1.54) is 39.8 Å². The van der Waals surface area contributed by atoms with Crippen LogP contribution in [0.4, 0.5) is 5.13 Å². The first kappa shape index (κ1) is 27.9. The topological polar surface area (TPSA) is 172 Å². The van der Waals surface area contributed by atoms with E-state index in [1.54, 1.807) is 10.1 Å². The number of carboxylic acid groups (broad SMARTS) is 1. The molecule has 2 atom stereocenters. The number of likely N-dealkylation sites (N-methyl/N-ethyl adjacent to an activating group) is 1. The Morgan fingerprint density at radius 3 is 2.83 bits per heavy atom. The quantitative estimate of drug-likeness (QED) is 0.182. The van der Waals surface area contributed by atoms with Crippen molar-refractivity contribution in [1.82, 2.24) is 40.3 Å². The van der Waals surface area contributed by atoms with Gasteiger partial charge in [0.15, 0.2) is 5.13 Å². The van der Waals surface area contributed by atoms with Crippen LogP contribution in [0.2, 0.25) is 0 Å². The molecule has 2 amide bonds. The van der Waals surface area contributed by atoms with Crippen molar-refractivity contribution in [2.75, 3.05) is 37.9 Å². The molecule has 0 bridgehead atoms. The Kier molecular flexibility index (Phi) is 9.59. The number of amides is 2. The average molecular weight is 550 g/mol. The third kappa shape index (κ3) is 6.36. The van der Waals surface area contributed by atoms with E-state index in [2.05, 4.69) is 25.8 Å². The molecule has 2 aliphatic rings. The van der Waals surface area contributed by atoms with Gasteiger partial charge < -0.3 is 21.1 Å². The van der Waals surface area contributed by atoms with E-state index in [4.69, 9.17) is 5.73 Å². The summed E-state index contributed by atoms with van der Waals surface area (Å²) in [6.45, 7) is 1.36. The fourth-order valence-electron chi connectivity index (χ4n) is 3.47.